The summed E-state index contributed by atoms with van der Waals surface area (Å²) in [6.45, 7) is 1.67. The van der Waals surface area contributed by atoms with Gasteiger partial charge in [0, 0.05) is 31.8 Å². The van der Waals surface area contributed by atoms with Gasteiger partial charge in [0.25, 0.3) is 5.92 Å². The van der Waals surface area contributed by atoms with Gasteiger partial charge in [-0.3, -0.25) is 14.5 Å². The SMILES string of the molecule is CC(C(=O)Nc1ccc(Oc2ccc(F)cc2)cn1)N1CCC(F)(F)C(c2ccc(=O)[nH]c2)C1. The maximum Gasteiger partial charge on any atom is 0.257 e. The Labute approximate surface area is 193 Å². The van der Waals surface area contributed by atoms with Gasteiger partial charge in [-0.1, -0.05) is 6.07 Å². The van der Waals surface area contributed by atoms with E-state index >= 15 is 0 Å². The molecule has 4 rings (SSSR count). The van der Waals surface area contributed by atoms with Crippen LogP contribution in [0.3, 0.4) is 0 Å². The quantitative estimate of drug-likeness (QED) is 0.563. The van der Waals surface area contributed by atoms with E-state index < -0.39 is 24.3 Å². The minimum absolute atomic E-state index is 0.0362. The highest BCUT2D eigenvalue weighted by Crippen LogP contribution is 2.40. The maximum absolute atomic E-state index is 14.6. The number of carbonyl (C=O) groups is 1. The van der Waals surface area contributed by atoms with Gasteiger partial charge in [0.2, 0.25) is 11.5 Å². The number of pyridine rings is 2. The molecule has 1 saturated heterocycles. The minimum Gasteiger partial charge on any atom is -0.456 e. The highest BCUT2D eigenvalue weighted by atomic mass is 19.3. The van der Waals surface area contributed by atoms with Crippen LogP contribution in [0, 0.1) is 5.82 Å². The molecule has 178 valence electrons. The highest BCUT2D eigenvalue weighted by Gasteiger charge is 2.46. The molecule has 1 amide bonds. The first kappa shape index (κ1) is 23.5. The van der Waals surface area contributed by atoms with Crippen molar-refractivity contribution < 1.29 is 22.7 Å². The molecule has 3 aromatic rings. The molecule has 2 aromatic heterocycles. The molecule has 34 heavy (non-hydrogen) atoms. The predicted molar refractivity (Wildman–Crippen MR) is 120 cm³/mol. The van der Waals surface area contributed by atoms with Crippen molar-refractivity contribution in [2.45, 2.75) is 31.2 Å². The Balaban J connectivity index is 1.38. The molecule has 1 aromatic carbocycles. The van der Waals surface area contributed by atoms with Crippen LogP contribution in [-0.4, -0.2) is 45.8 Å². The summed E-state index contributed by atoms with van der Waals surface area (Å²) >= 11 is 0. The summed E-state index contributed by atoms with van der Waals surface area (Å²) in [7, 11) is 0. The molecule has 0 spiro atoms. The first-order chi connectivity index (χ1) is 16.2. The zero-order valence-corrected chi connectivity index (χ0v) is 18.3. The first-order valence-electron chi connectivity index (χ1n) is 10.7. The minimum atomic E-state index is -2.95. The molecular weight excluding hydrogens is 449 g/mol. The number of aromatic nitrogens is 2. The van der Waals surface area contributed by atoms with Gasteiger partial charge in [0.1, 0.15) is 23.1 Å². The molecular formula is C24H23F3N4O3. The standard InChI is InChI=1S/C24H23F3N4O3/c1-15(31-11-10-24(26,27)20(14-31)16-2-9-22(32)29-12-16)23(33)30-21-8-7-19(13-28-21)34-18-5-3-17(25)4-6-18/h2-9,12-13,15,20H,10-11,14H2,1H3,(H,29,32)(H,28,30,33). The van der Waals surface area contributed by atoms with E-state index in [-0.39, 0.29) is 36.2 Å². The largest absolute Gasteiger partial charge is 0.456 e. The van der Waals surface area contributed by atoms with Gasteiger partial charge in [0.15, 0.2) is 0 Å². The van der Waals surface area contributed by atoms with E-state index in [2.05, 4.69) is 15.3 Å². The number of alkyl halides is 2. The van der Waals surface area contributed by atoms with Gasteiger partial charge in [-0.2, -0.15) is 0 Å². The lowest BCUT2D eigenvalue weighted by atomic mass is 9.87. The Morgan fingerprint density at radius 2 is 1.91 bits per heavy atom. The predicted octanol–water partition coefficient (Wildman–Crippen LogP) is 4.15. The van der Waals surface area contributed by atoms with Crippen LogP contribution >= 0.6 is 0 Å². The van der Waals surface area contributed by atoms with Gasteiger partial charge >= 0.3 is 0 Å². The van der Waals surface area contributed by atoms with Crippen LogP contribution in [0.4, 0.5) is 19.0 Å². The summed E-state index contributed by atoms with van der Waals surface area (Å²) < 4.78 is 47.8. The van der Waals surface area contributed by atoms with E-state index in [1.807, 2.05) is 0 Å². The van der Waals surface area contributed by atoms with Gasteiger partial charge in [-0.05, 0) is 48.9 Å². The van der Waals surface area contributed by atoms with Crippen molar-refractivity contribution in [3.63, 3.8) is 0 Å². The van der Waals surface area contributed by atoms with Gasteiger partial charge < -0.3 is 15.0 Å². The van der Waals surface area contributed by atoms with Crippen LogP contribution < -0.4 is 15.6 Å². The Bertz CT molecular complexity index is 1180. The summed E-state index contributed by atoms with van der Waals surface area (Å²) in [5, 5.41) is 2.69. The molecule has 2 unspecified atom stereocenters. The third-order valence-corrected chi connectivity index (χ3v) is 5.83. The second kappa shape index (κ2) is 9.68. The van der Waals surface area contributed by atoms with Crippen LogP contribution in [-0.2, 0) is 4.79 Å². The number of H-pyrrole nitrogens is 1. The van der Waals surface area contributed by atoms with Crippen molar-refractivity contribution in [3.8, 4) is 11.5 Å². The molecule has 0 bridgehead atoms. The smallest absolute Gasteiger partial charge is 0.257 e. The van der Waals surface area contributed by atoms with Crippen LogP contribution in [0.5, 0.6) is 11.5 Å². The topological polar surface area (TPSA) is 87.3 Å². The number of hydrogen-bond donors (Lipinski definition) is 2. The number of amides is 1. The number of likely N-dealkylation sites (tertiary alicyclic amines) is 1. The van der Waals surface area contributed by atoms with Crippen molar-refractivity contribution in [1.29, 1.82) is 0 Å². The zero-order valence-electron chi connectivity index (χ0n) is 18.3. The number of anilines is 1. The van der Waals surface area contributed by atoms with Crippen LogP contribution in [0.2, 0.25) is 0 Å². The van der Waals surface area contributed by atoms with Crippen molar-refractivity contribution in [1.82, 2.24) is 14.9 Å². The summed E-state index contributed by atoms with van der Waals surface area (Å²) in [4.78, 5) is 32.3. The lowest BCUT2D eigenvalue weighted by Crippen LogP contribution is -2.52. The molecule has 10 heteroatoms. The highest BCUT2D eigenvalue weighted by molar-refractivity contribution is 5.93. The Morgan fingerprint density at radius 3 is 2.56 bits per heavy atom. The maximum atomic E-state index is 14.6. The molecule has 1 fully saturated rings. The number of nitrogens with zero attached hydrogens (tertiary/aromatic N) is 2. The van der Waals surface area contributed by atoms with Crippen LogP contribution in [0.25, 0.3) is 0 Å². The van der Waals surface area contributed by atoms with Crippen molar-refractivity contribution in [3.05, 3.63) is 82.7 Å². The lowest BCUT2D eigenvalue weighted by molar-refractivity contribution is -0.125. The fourth-order valence-electron chi connectivity index (χ4n) is 3.82. The molecule has 0 saturated carbocycles. The number of rotatable bonds is 6. The third kappa shape index (κ3) is 5.45. The molecule has 0 radical (unpaired) electrons. The molecule has 1 aliphatic rings. The lowest BCUT2D eigenvalue weighted by Gasteiger charge is -2.40. The molecule has 7 nitrogen and oxygen atoms in total. The Morgan fingerprint density at radius 1 is 1.18 bits per heavy atom. The number of halogens is 3. The van der Waals surface area contributed by atoms with Gasteiger partial charge in [-0.25, -0.2) is 18.2 Å². The fourth-order valence-corrected chi connectivity index (χ4v) is 3.82. The number of aromatic amines is 1. The second-order valence-electron chi connectivity index (χ2n) is 8.15. The zero-order chi connectivity index (χ0) is 24.3. The molecule has 3 heterocycles. The Hall–Kier alpha value is -3.66. The number of carbonyl (C=O) groups excluding carboxylic acids is 1. The Kier molecular flexibility index (Phi) is 6.69. The number of benzene rings is 1. The van der Waals surface area contributed by atoms with E-state index in [9.17, 15) is 22.8 Å². The van der Waals surface area contributed by atoms with E-state index in [0.29, 0.717) is 17.1 Å². The van der Waals surface area contributed by atoms with Gasteiger partial charge in [0.05, 0.1) is 18.2 Å². The first-order valence-corrected chi connectivity index (χ1v) is 10.7. The van der Waals surface area contributed by atoms with E-state index in [1.165, 1.54) is 48.8 Å². The van der Waals surface area contributed by atoms with Crippen LogP contribution in [0.15, 0.2) is 65.7 Å². The normalized spacial score (nSPS) is 18.8. The van der Waals surface area contributed by atoms with E-state index in [0.717, 1.165) is 0 Å². The number of hydrogen-bond acceptors (Lipinski definition) is 5. The number of ether oxygens (including phenoxy) is 1. The monoisotopic (exact) mass is 472 g/mol. The summed E-state index contributed by atoms with van der Waals surface area (Å²) in [6, 6.07) is 10.6. The van der Waals surface area contributed by atoms with Gasteiger partial charge in [-0.15, -0.1) is 0 Å². The third-order valence-electron chi connectivity index (χ3n) is 5.83. The summed E-state index contributed by atoms with van der Waals surface area (Å²) in [6.07, 6.45) is 2.31. The molecule has 0 aliphatic carbocycles. The average molecular weight is 472 g/mol. The number of piperidine rings is 1. The van der Waals surface area contributed by atoms with Crippen molar-refractivity contribution in [2.24, 2.45) is 0 Å². The van der Waals surface area contributed by atoms with Crippen molar-refractivity contribution >= 4 is 11.7 Å². The van der Waals surface area contributed by atoms with E-state index in [4.69, 9.17) is 4.74 Å². The molecule has 2 atom stereocenters. The summed E-state index contributed by atoms with van der Waals surface area (Å²) in [5.41, 5.74) is -0.0469. The van der Waals surface area contributed by atoms with Crippen molar-refractivity contribution in [2.75, 3.05) is 18.4 Å². The summed E-state index contributed by atoms with van der Waals surface area (Å²) in [5.74, 6) is -3.73. The average Bonchev–Trinajstić information content (AvgIpc) is 2.82. The molecule has 2 N–H and O–H groups in total. The second-order valence-corrected chi connectivity index (χ2v) is 8.15. The molecule has 1 aliphatic heterocycles. The fraction of sp³-hybridized carbons (Fsp3) is 0.292. The van der Waals surface area contributed by atoms with E-state index in [1.54, 1.807) is 24.0 Å². The van der Waals surface area contributed by atoms with Crippen LogP contribution in [0.1, 0.15) is 24.8 Å². The number of nitrogens with one attached hydrogen (secondary N) is 2.